The van der Waals surface area contributed by atoms with Crippen LogP contribution in [0.3, 0.4) is 0 Å². The molecular formula is C19H21N3O2S. The molecular weight excluding hydrogens is 334 g/mol. The van der Waals surface area contributed by atoms with Crippen molar-refractivity contribution in [1.82, 2.24) is 14.9 Å². The fourth-order valence-electron chi connectivity index (χ4n) is 2.48. The number of hydrogen-bond donors (Lipinski definition) is 0. The average molecular weight is 355 g/mol. The highest BCUT2D eigenvalue weighted by atomic mass is 32.1. The predicted molar refractivity (Wildman–Crippen MR) is 97.5 cm³/mol. The van der Waals surface area contributed by atoms with Gasteiger partial charge in [0.25, 0.3) is 5.91 Å². The van der Waals surface area contributed by atoms with E-state index < -0.39 is 0 Å². The van der Waals surface area contributed by atoms with E-state index >= 15 is 0 Å². The Morgan fingerprint density at radius 3 is 2.68 bits per heavy atom. The van der Waals surface area contributed by atoms with Crippen molar-refractivity contribution < 1.29 is 9.21 Å². The van der Waals surface area contributed by atoms with Crippen LogP contribution < -0.4 is 0 Å². The van der Waals surface area contributed by atoms with Crippen molar-refractivity contribution in [2.24, 2.45) is 0 Å². The normalized spacial score (nSPS) is 11.0. The van der Waals surface area contributed by atoms with Gasteiger partial charge in [-0.2, -0.15) is 0 Å². The molecule has 25 heavy (non-hydrogen) atoms. The molecule has 0 aliphatic rings. The van der Waals surface area contributed by atoms with Gasteiger partial charge in [-0.05, 0) is 31.2 Å². The number of nitrogens with zero attached hydrogens (tertiary/aromatic N) is 3. The Hall–Kier alpha value is -2.47. The lowest BCUT2D eigenvalue weighted by molar-refractivity contribution is 0.0719. The summed E-state index contributed by atoms with van der Waals surface area (Å²) < 4.78 is 5.43. The van der Waals surface area contributed by atoms with Gasteiger partial charge in [0.15, 0.2) is 0 Å². The molecule has 0 saturated heterocycles. The monoisotopic (exact) mass is 355 g/mol. The molecule has 0 aromatic carbocycles. The first-order chi connectivity index (χ1) is 12.0. The van der Waals surface area contributed by atoms with Crippen molar-refractivity contribution in [2.45, 2.75) is 39.8 Å². The summed E-state index contributed by atoms with van der Waals surface area (Å²) in [6.07, 6.45) is 3.35. The smallest absolute Gasteiger partial charge is 0.266 e. The Labute approximate surface area is 151 Å². The maximum atomic E-state index is 13.2. The molecule has 130 valence electrons. The van der Waals surface area contributed by atoms with Crippen LogP contribution in [-0.2, 0) is 13.1 Å². The molecule has 3 aromatic heterocycles. The van der Waals surface area contributed by atoms with E-state index in [0.29, 0.717) is 23.9 Å². The zero-order valence-electron chi connectivity index (χ0n) is 14.6. The topological polar surface area (TPSA) is 59.2 Å². The number of amides is 1. The average Bonchev–Trinajstić information content (AvgIpc) is 3.24. The third-order valence-electron chi connectivity index (χ3n) is 3.79. The highest BCUT2D eigenvalue weighted by molar-refractivity contribution is 7.13. The Kier molecular flexibility index (Phi) is 5.28. The highest BCUT2D eigenvalue weighted by Crippen LogP contribution is 2.26. The summed E-state index contributed by atoms with van der Waals surface area (Å²) in [5.74, 6) is 1.01. The number of pyridine rings is 1. The van der Waals surface area contributed by atoms with Crippen molar-refractivity contribution in [3.8, 4) is 0 Å². The first-order valence-electron chi connectivity index (χ1n) is 8.23. The number of thiazole rings is 1. The lowest BCUT2D eigenvalue weighted by Crippen LogP contribution is -2.30. The lowest BCUT2D eigenvalue weighted by Gasteiger charge is -2.21. The Balaban J connectivity index is 1.88. The fraction of sp³-hybridized carbons (Fsp3) is 0.316. The number of carbonyl (C=O) groups is 1. The SMILES string of the molecule is Cc1nc(C(C)C)sc1C(=O)N(Cc1ccccn1)Cc1ccco1. The zero-order valence-corrected chi connectivity index (χ0v) is 15.4. The molecule has 0 spiro atoms. The van der Waals surface area contributed by atoms with Crippen LogP contribution in [0.4, 0.5) is 0 Å². The largest absolute Gasteiger partial charge is 0.467 e. The molecule has 0 bridgehead atoms. The standard InChI is InChI=1S/C19H21N3O2S/c1-13(2)18-21-14(3)17(25-18)19(23)22(12-16-8-6-10-24-16)11-15-7-4-5-9-20-15/h4-10,13H,11-12H2,1-3H3. The number of aryl methyl sites for hydroxylation is 1. The van der Waals surface area contributed by atoms with E-state index in [1.165, 1.54) is 11.3 Å². The van der Waals surface area contributed by atoms with E-state index in [1.807, 2.05) is 37.3 Å². The van der Waals surface area contributed by atoms with Gasteiger partial charge in [-0.25, -0.2) is 4.98 Å². The van der Waals surface area contributed by atoms with Gasteiger partial charge in [0.1, 0.15) is 10.6 Å². The summed E-state index contributed by atoms with van der Waals surface area (Å²) in [4.78, 5) is 24.5. The molecule has 0 aliphatic heterocycles. The van der Waals surface area contributed by atoms with Crippen molar-refractivity contribution in [1.29, 1.82) is 0 Å². The van der Waals surface area contributed by atoms with Crippen molar-refractivity contribution in [2.75, 3.05) is 0 Å². The van der Waals surface area contributed by atoms with E-state index in [2.05, 4.69) is 23.8 Å². The van der Waals surface area contributed by atoms with Gasteiger partial charge in [0.05, 0.1) is 35.7 Å². The van der Waals surface area contributed by atoms with E-state index in [4.69, 9.17) is 4.42 Å². The maximum Gasteiger partial charge on any atom is 0.266 e. The van der Waals surface area contributed by atoms with Gasteiger partial charge >= 0.3 is 0 Å². The van der Waals surface area contributed by atoms with Gasteiger partial charge < -0.3 is 9.32 Å². The van der Waals surface area contributed by atoms with Crippen LogP contribution in [0.1, 0.15) is 51.6 Å². The summed E-state index contributed by atoms with van der Waals surface area (Å²) in [5, 5.41) is 0.983. The van der Waals surface area contributed by atoms with Gasteiger partial charge in [0, 0.05) is 12.1 Å². The second-order valence-electron chi connectivity index (χ2n) is 6.18. The number of hydrogen-bond acceptors (Lipinski definition) is 5. The molecule has 1 amide bonds. The molecule has 0 atom stereocenters. The molecule has 0 unspecified atom stereocenters. The number of carbonyl (C=O) groups excluding carboxylic acids is 1. The highest BCUT2D eigenvalue weighted by Gasteiger charge is 2.23. The van der Waals surface area contributed by atoms with Crippen LogP contribution in [0.15, 0.2) is 47.2 Å². The Bertz CT molecular complexity index is 826. The van der Waals surface area contributed by atoms with E-state index in [1.54, 1.807) is 17.4 Å². The van der Waals surface area contributed by atoms with E-state index in [9.17, 15) is 4.79 Å². The van der Waals surface area contributed by atoms with Crippen LogP contribution in [0.25, 0.3) is 0 Å². The second-order valence-corrected chi connectivity index (χ2v) is 7.21. The summed E-state index contributed by atoms with van der Waals surface area (Å²) in [6.45, 7) is 6.88. The minimum Gasteiger partial charge on any atom is -0.467 e. The van der Waals surface area contributed by atoms with Crippen LogP contribution in [0.2, 0.25) is 0 Å². The van der Waals surface area contributed by atoms with Crippen LogP contribution in [0.5, 0.6) is 0 Å². The molecule has 3 heterocycles. The van der Waals surface area contributed by atoms with Gasteiger partial charge in [-0.15, -0.1) is 11.3 Å². The fourth-order valence-corrected chi connectivity index (χ4v) is 3.52. The van der Waals surface area contributed by atoms with Gasteiger partial charge in [0.2, 0.25) is 0 Å². The third kappa shape index (κ3) is 4.14. The first-order valence-corrected chi connectivity index (χ1v) is 9.05. The van der Waals surface area contributed by atoms with Crippen molar-refractivity contribution in [3.63, 3.8) is 0 Å². The molecule has 6 heteroatoms. The van der Waals surface area contributed by atoms with E-state index in [-0.39, 0.29) is 5.91 Å². The molecule has 0 fully saturated rings. The minimum atomic E-state index is -0.0380. The minimum absolute atomic E-state index is 0.0380. The second kappa shape index (κ2) is 7.61. The first kappa shape index (κ1) is 17.4. The van der Waals surface area contributed by atoms with Crippen LogP contribution in [-0.4, -0.2) is 20.8 Å². The molecule has 0 aliphatic carbocycles. The predicted octanol–water partition coefficient (Wildman–Crippen LogP) is 4.41. The van der Waals surface area contributed by atoms with Crippen LogP contribution >= 0.6 is 11.3 Å². The zero-order chi connectivity index (χ0) is 17.8. The van der Waals surface area contributed by atoms with Crippen molar-refractivity contribution >= 4 is 17.2 Å². The third-order valence-corrected chi connectivity index (χ3v) is 5.24. The molecule has 5 nitrogen and oxygen atoms in total. The number of furan rings is 1. The summed E-state index contributed by atoms with van der Waals surface area (Å²) in [6, 6.07) is 9.41. The number of rotatable bonds is 6. The van der Waals surface area contributed by atoms with Gasteiger partial charge in [-0.3, -0.25) is 9.78 Å². The maximum absolute atomic E-state index is 13.2. The van der Waals surface area contributed by atoms with E-state index in [0.717, 1.165) is 22.2 Å². The van der Waals surface area contributed by atoms with Crippen molar-refractivity contribution in [3.05, 3.63) is 69.8 Å². The van der Waals surface area contributed by atoms with Gasteiger partial charge in [-0.1, -0.05) is 19.9 Å². The Morgan fingerprint density at radius 1 is 1.24 bits per heavy atom. The molecule has 0 N–H and O–H groups in total. The lowest BCUT2D eigenvalue weighted by atomic mass is 10.2. The summed E-state index contributed by atoms with van der Waals surface area (Å²) >= 11 is 1.47. The quantitative estimate of drug-likeness (QED) is 0.657. The molecule has 0 saturated carbocycles. The molecule has 3 aromatic rings. The Morgan fingerprint density at radius 2 is 2.08 bits per heavy atom. The molecule has 0 radical (unpaired) electrons. The summed E-state index contributed by atoms with van der Waals surface area (Å²) in [5.41, 5.74) is 1.62. The molecule has 3 rings (SSSR count). The summed E-state index contributed by atoms with van der Waals surface area (Å²) in [7, 11) is 0. The van der Waals surface area contributed by atoms with Crippen LogP contribution in [0, 0.1) is 6.92 Å². The number of aromatic nitrogens is 2.